The number of hydrogen-bond acceptors (Lipinski definition) is 4. The molecule has 96 valence electrons. The maximum Gasteiger partial charge on any atom is 0.143 e. The number of ketones is 1. The van der Waals surface area contributed by atoms with Crippen molar-refractivity contribution in [3.8, 4) is 0 Å². The van der Waals surface area contributed by atoms with Gasteiger partial charge < -0.3 is 15.2 Å². The highest BCUT2D eigenvalue weighted by Crippen LogP contribution is 2.45. The summed E-state index contributed by atoms with van der Waals surface area (Å²) in [6, 6.07) is -0.0947. The predicted molar refractivity (Wildman–Crippen MR) is 62.5 cm³/mol. The number of rotatable bonds is 2. The molecule has 1 aliphatic carbocycles. The third-order valence-electron chi connectivity index (χ3n) is 4.65. The van der Waals surface area contributed by atoms with Crippen molar-refractivity contribution in [2.45, 2.75) is 43.7 Å². The smallest absolute Gasteiger partial charge is 0.143 e. The van der Waals surface area contributed by atoms with Gasteiger partial charge in [0.1, 0.15) is 5.78 Å². The largest absolute Gasteiger partial charge is 0.379 e. The summed E-state index contributed by atoms with van der Waals surface area (Å²) in [5.41, 5.74) is 5.97. The SMILES string of the molecule is NC1COCC1C(=O)C1CCOC2(CCC2)C1. The van der Waals surface area contributed by atoms with E-state index in [0.717, 1.165) is 32.3 Å². The lowest BCUT2D eigenvalue weighted by molar-refractivity contribution is -0.158. The molecule has 4 nitrogen and oxygen atoms in total. The topological polar surface area (TPSA) is 61.5 Å². The van der Waals surface area contributed by atoms with Crippen LogP contribution in [0.1, 0.15) is 32.1 Å². The number of Topliss-reactive ketones (excluding diaryl/α,β-unsaturated/α-hetero) is 1. The molecule has 1 saturated carbocycles. The van der Waals surface area contributed by atoms with E-state index in [1.807, 2.05) is 0 Å². The molecular formula is C13H21NO3. The third kappa shape index (κ3) is 2.02. The van der Waals surface area contributed by atoms with Crippen molar-refractivity contribution in [3.05, 3.63) is 0 Å². The van der Waals surface area contributed by atoms with E-state index in [1.54, 1.807) is 0 Å². The molecule has 2 saturated heterocycles. The fourth-order valence-electron chi connectivity index (χ4n) is 3.36. The fraction of sp³-hybridized carbons (Fsp3) is 0.923. The summed E-state index contributed by atoms with van der Waals surface area (Å²) in [6.07, 6.45) is 5.28. The Hall–Kier alpha value is -0.450. The van der Waals surface area contributed by atoms with Gasteiger partial charge >= 0.3 is 0 Å². The molecule has 0 radical (unpaired) electrons. The molecule has 1 spiro atoms. The first-order chi connectivity index (χ1) is 8.20. The Bertz CT molecular complexity index is 314. The number of hydrogen-bond donors (Lipinski definition) is 1. The van der Waals surface area contributed by atoms with Crippen LogP contribution < -0.4 is 5.73 Å². The minimum atomic E-state index is -0.0947. The van der Waals surface area contributed by atoms with Gasteiger partial charge in [0.2, 0.25) is 0 Å². The molecule has 4 heteroatoms. The van der Waals surface area contributed by atoms with E-state index >= 15 is 0 Å². The van der Waals surface area contributed by atoms with Crippen LogP contribution in [-0.4, -0.2) is 37.2 Å². The standard InChI is InChI=1S/C13H21NO3/c14-11-8-16-7-10(11)12(15)9-2-5-17-13(6-9)3-1-4-13/h9-11H,1-8,14H2. The quantitative estimate of drug-likeness (QED) is 0.777. The molecule has 3 atom stereocenters. The lowest BCUT2D eigenvalue weighted by Crippen LogP contribution is -2.49. The highest BCUT2D eigenvalue weighted by molar-refractivity contribution is 5.84. The molecule has 2 aliphatic heterocycles. The van der Waals surface area contributed by atoms with Gasteiger partial charge in [-0.1, -0.05) is 0 Å². The van der Waals surface area contributed by atoms with Crippen LogP contribution in [0.3, 0.4) is 0 Å². The molecule has 0 bridgehead atoms. The zero-order valence-corrected chi connectivity index (χ0v) is 10.2. The zero-order valence-electron chi connectivity index (χ0n) is 10.2. The van der Waals surface area contributed by atoms with Crippen molar-refractivity contribution < 1.29 is 14.3 Å². The van der Waals surface area contributed by atoms with E-state index in [-0.39, 0.29) is 23.5 Å². The lowest BCUT2D eigenvalue weighted by Gasteiger charge is -2.47. The molecule has 2 N–H and O–H groups in total. The van der Waals surface area contributed by atoms with E-state index in [1.165, 1.54) is 6.42 Å². The minimum absolute atomic E-state index is 0.0438. The second-order valence-electron chi connectivity index (χ2n) is 5.78. The minimum Gasteiger partial charge on any atom is -0.379 e. The Kier molecular flexibility index (Phi) is 2.97. The van der Waals surface area contributed by atoms with Gasteiger partial charge in [0.15, 0.2) is 0 Å². The second kappa shape index (κ2) is 4.34. The summed E-state index contributed by atoms with van der Waals surface area (Å²) >= 11 is 0. The van der Waals surface area contributed by atoms with Gasteiger partial charge in [-0.25, -0.2) is 0 Å². The van der Waals surface area contributed by atoms with Crippen LogP contribution in [0.5, 0.6) is 0 Å². The summed E-state index contributed by atoms with van der Waals surface area (Å²) in [4.78, 5) is 12.4. The van der Waals surface area contributed by atoms with Crippen molar-refractivity contribution in [3.63, 3.8) is 0 Å². The highest BCUT2D eigenvalue weighted by atomic mass is 16.5. The van der Waals surface area contributed by atoms with Crippen molar-refractivity contribution in [1.29, 1.82) is 0 Å². The molecule has 0 aromatic carbocycles. The molecule has 17 heavy (non-hydrogen) atoms. The normalized spacial score (nSPS) is 40.2. The summed E-state index contributed by atoms with van der Waals surface area (Å²) < 4.78 is 11.2. The van der Waals surface area contributed by atoms with Crippen LogP contribution in [0.25, 0.3) is 0 Å². The molecular weight excluding hydrogens is 218 g/mol. The Morgan fingerprint density at radius 1 is 1.29 bits per heavy atom. The van der Waals surface area contributed by atoms with Gasteiger partial charge in [-0.2, -0.15) is 0 Å². The van der Waals surface area contributed by atoms with E-state index in [9.17, 15) is 4.79 Å². The average Bonchev–Trinajstić information content (AvgIpc) is 2.73. The summed E-state index contributed by atoms with van der Waals surface area (Å²) in [5.74, 6) is 0.404. The Morgan fingerprint density at radius 3 is 2.71 bits per heavy atom. The van der Waals surface area contributed by atoms with Crippen molar-refractivity contribution >= 4 is 5.78 Å². The molecule has 2 heterocycles. The lowest BCUT2D eigenvalue weighted by atomic mass is 9.70. The van der Waals surface area contributed by atoms with Gasteiger partial charge in [0, 0.05) is 18.6 Å². The maximum atomic E-state index is 12.4. The summed E-state index contributed by atoms with van der Waals surface area (Å²) in [5, 5.41) is 0. The van der Waals surface area contributed by atoms with E-state index in [0.29, 0.717) is 19.0 Å². The van der Waals surface area contributed by atoms with Crippen LogP contribution in [0.4, 0.5) is 0 Å². The Labute approximate surface area is 102 Å². The zero-order chi connectivity index (χ0) is 11.9. The van der Waals surface area contributed by atoms with Crippen LogP contribution in [0.15, 0.2) is 0 Å². The van der Waals surface area contributed by atoms with Crippen LogP contribution in [0, 0.1) is 11.8 Å². The van der Waals surface area contributed by atoms with Gasteiger partial charge in [0.25, 0.3) is 0 Å². The number of ether oxygens (including phenoxy) is 2. The molecule has 0 aromatic rings. The third-order valence-corrected chi connectivity index (χ3v) is 4.65. The predicted octanol–water partition coefficient (Wildman–Crippen LogP) is 0.878. The van der Waals surface area contributed by atoms with Gasteiger partial charge in [0.05, 0.1) is 24.7 Å². The molecule has 3 unspecified atom stereocenters. The monoisotopic (exact) mass is 239 g/mol. The molecule has 3 rings (SSSR count). The van der Waals surface area contributed by atoms with Gasteiger partial charge in [-0.3, -0.25) is 4.79 Å². The number of nitrogens with two attached hydrogens (primary N) is 1. The summed E-state index contributed by atoms with van der Waals surface area (Å²) in [6.45, 7) is 1.79. The van der Waals surface area contributed by atoms with E-state index in [4.69, 9.17) is 15.2 Å². The van der Waals surface area contributed by atoms with Crippen molar-refractivity contribution in [2.75, 3.05) is 19.8 Å². The van der Waals surface area contributed by atoms with Crippen molar-refractivity contribution in [1.82, 2.24) is 0 Å². The highest BCUT2D eigenvalue weighted by Gasteiger charge is 2.46. The Balaban J connectivity index is 1.65. The molecule has 0 amide bonds. The van der Waals surface area contributed by atoms with E-state index in [2.05, 4.69) is 0 Å². The van der Waals surface area contributed by atoms with Crippen molar-refractivity contribution in [2.24, 2.45) is 17.6 Å². The second-order valence-corrected chi connectivity index (χ2v) is 5.78. The maximum absolute atomic E-state index is 12.4. The molecule has 3 fully saturated rings. The first-order valence-corrected chi connectivity index (χ1v) is 6.71. The first-order valence-electron chi connectivity index (χ1n) is 6.71. The van der Waals surface area contributed by atoms with Crippen LogP contribution in [0.2, 0.25) is 0 Å². The number of carbonyl (C=O) groups excluding carboxylic acids is 1. The van der Waals surface area contributed by atoms with Crippen LogP contribution >= 0.6 is 0 Å². The Morgan fingerprint density at radius 2 is 2.12 bits per heavy atom. The fourth-order valence-corrected chi connectivity index (χ4v) is 3.36. The first kappa shape index (κ1) is 11.6. The number of carbonyl (C=O) groups is 1. The molecule has 3 aliphatic rings. The van der Waals surface area contributed by atoms with E-state index < -0.39 is 0 Å². The van der Waals surface area contributed by atoms with Gasteiger partial charge in [-0.15, -0.1) is 0 Å². The average molecular weight is 239 g/mol. The summed E-state index contributed by atoms with van der Waals surface area (Å²) in [7, 11) is 0. The van der Waals surface area contributed by atoms with Crippen LogP contribution in [-0.2, 0) is 14.3 Å². The van der Waals surface area contributed by atoms with Gasteiger partial charge in [-0.05, 0) is 32.1 Å². The molecule has 0 aromatic heterocycles.